The zero-order chi connectivity index (χ0) is 41.5. The summed E-state index contributed by atoms with van der Waals surface area (Å²) in [5.74, 6) is 2.20. The topological polar surface area (TPSA) is 106 Å². The molecule has 0 aliphatic heterocycles. The number of likely N-dealkylation sites (N-methyl/N-ethyl adjacent to an activating group) is 3. The van der Waals surface area contributed by atoms with Crippen molar-refractivity contribution < 1.29 is 14.6 Å². The van der Waals surface area contributed by atoms with Crippen LogP contribution in [0, 0.1) is 29.1 Å². The number of hydrogen-bond donors (Lipinski definition) is 4. The number of rotatable bonds is 20. The molecule has 2 aromatic rings. The van der Waals surface area contributed by atoms with Gasteiger partial charge in [-0.3, -0.25) is 9.69 Å². The Kier molecular flexibility index (Phi) is 20.3. The fourth-order valence-corrected chi connectivity index (χ4v) is 8.62. The molecule has 1 fully saturated rings. The van der Waals surface area contributed by atoms with E-state index in [9.17, 15) is 9.90 Å². The fraction of sp³-hybridized carbons (Fsp3) is 0.674. The van der Waals surface area contributed by atoms with Crippen molar-refractivity contribution in [3.05, 3.63) is 59.8 Å². The Morgan fingerprint density at radius 3 is 2.31 bits per heavy atom. The number of nitrogens with two attached hydrogens (primary N) is 1. The number of nitrogens with one attached hydrogen (secondary N) is 2. The molecule has 1 amide bonds. The van der Waals surface area contributed by atoms with E-state index < -0.39 is 0 Å². The van der Waals surface area contributed by atoms with E-state index in [2.05, 4.69) is 87.7 Å². The number of anilines is 1. The van der Waals surface area contributed by atoms with Crippen LogP contribution in [0.2, 0.25) is 0 Å². The van der Waals surface area contributed by atoms with E-state index in [1.807, 2.05) is 64.4 Å². The molecule has 0 heterocycles. The van der Waals surface area contributed by atoms with Crippen LogP contribution < -0.4 is 26.0 Å². The molecule has 1 saturated carbocycles. The molecule has 5 atom stereocenters. The molecule has 312 valence electrons. The molecule has 5 unspecified atom stereocenters. The zero-order valence-electron chi connectivity index (χ0n) is 37.1. The number of ether oxygens (including phenoxy) is 1. The minimum atomic E-state index is -0.142. The van der Waals surface area contributed by atoms with Gasteiger partial charge in [0, 0.05) is 80.9 Å². The maximum atomic E-state index is 13.7. The van der Waals surface area contributed by atoms with Crippen LogP contribution in [-0.2, 0) is 6.54 Å². The third-order valence-corrected chi connectivity index (χ3v) is 11.2. The molecule has 1 aliphatic carbocycles. The molecule has 5 N–H and O–H groups in total. The first-order chi connectivity index (χ1) is 25.9. The van der Waals surface area contributed by atoms with Crippen molar-refractivity contribution >= 4 is 11.6 Å². The number of carbonyl (C=O) groups is 1. The average Bonchev–Trinajstić information content (AvgIpc) is 3.11. The van der Waals surface area contributed by atoms with Crippen molar-refractivity contribution in [3.8, 4) is 16.9 Å². The summed E-state index contributed by atoms with van der Waals surface area (Å²) in [7, 11) is 13.6. The molecular weight excluding hydrogens is 685 g/mol. The van der Waals surface area contributed by atoms with Gasteiger partial charge in [-0.25, -0.2) is 0 Å². The fourth-order valence-electron chi connectivity index (χ4n) is 8.62. The highest BCUT2D eigenvalue weighted by molar-refractivity contribution is 5.97. The summed E-state index contributed by atoms with van der Waals surface area (Å²) in [6, 6.07) is 12.0. The molecule has 9 nitrogen and oxygen atoms in total. The van der Waals surface area contributed by atoms with Gasteiger partial charge in [0.1, 0.15) is 5.75 Å². The Labute approximate surface area is 336 Å². The van der Waals surface area contributed by atoms with Gasteiger partial charge < -0.3 is 36.0 Å². The number of carbonyl (C=O) groups excluding carboxylic acids is 1. The predicted molar refractivity (Wildman–Crippen MR) is 235 cm³/mol. The number of aliphatic hydroxyl groups excluding tert-OH is 1. The second-order valence-electron chi connectivity index (χ2n) is 17.9. The highest BCUT2D eigenvalue weighted by Crippen LogP contribution is 2.39. The van der Waals surface area contributed by atoms with E-state index in [1.54, 1.807) is 7.11 Å². The van der Waals surface area contributed by atoms with Crippen molar-refractivity contribution in [2.45, 2.75) is 105 Å². The number of hydrogen-bond acceptors (Lipinski definition) is 8. The molecule has 0 aromatic heterocycles. The van der Waals surface area contributed by atoms with E-state index in [4.69, 9.17) is 10.5 Å². The lowest BCUT2D eigenvalue weighted by atomic mass is 9.73. The summed E-state index contributed by atoms with van der Waals surface area (Å²) >= 11 is 0. The molecule has 55 heavy (non-hydrogen) atoms. The Hall–Kier alpha value is -3.11. The Balaban J connectivity index is 0.00000101. The summed E-state index contributed by atoms with van der Waals surface area (Å²) in [6.45, 7) is 19.8. The minimum absolute atomic E-state index is 0.0173. The van der Waals surface area contributed by atoms with Crippen molar-refractivity contribution in [3.63, 3.8) is 0 Å². The molecule has 0 saturated heterocycles. The number of para-hydroxylation sites is 1. The largest absolute Gasteiger partial charge is 0.496 e. The van der Waals surface area contributed by atoms with Crippen LogP contribution in [-0.4, -0.2) is 102 Å². The number of benzene rings is 2. The van der Waals surface area contributed by atoms with E-state index >= 15 is 0 Å². The Morgan fingerprint density at radius 1 is 1.13 bits per heavy atom. The normalized spacial score (nSPS) is 17.5. The van der Waals surface area contributed by atoms with Gasteiger partial charge in [-0.2, -0.15) is 0 Å². The lowest BCUT2D eigenvalue weighted by Gasteiger charge is -2.39. The van der Waals surface area contributed by atoms with Crippen LogP contribution in [0.3, 0.4) is 0 Å². The summed E-state index contributed by atoms with van der Waals surface area (Å²) in [5.41, 5.74) is 12.0. The zero-order valence-corrected chi connectivity index (χ0v) is 37.1. The van der Waals surface area contributed by atoms with E-state index in [0.717, 1.165) is 65.5 Å². The first-order valence-electron chi connectivity index (χ1n) is 20.7. The van der Waals surface area contributed by atoms with Gasteiger partial charge in [-0.1, -0.05) is 85.6 Å². The highest BCUT2D eigenvalue weighted by Gasteiger charge is 2.33. The SMILES string of the molecule is C=C(NC)C(C(CO)C(CN)CCC)N(C)Cc1cccc(-c2cc(C(=O)NC(CC(C)C)CN(C)C)cc(N(C)C)c2)c1OC.CC1CCCC(C)(C)C1. The monoisotopic (exact) mass is 765 g/mol. The van der Waals surface area contributed by atoms with Crippen LogP contribution >= 0.6 is 0 Å². The number of nitrogens with zero attached hydrogens (tertiary/aromatic N) is 3. The number of methoxy groups -OCH3 is 1. The minimum Gasteiger partial charge on any atom is -0.496 e. The van der Waals surface area contributed by atoms with Crippen molar-refractivity contribution in [1.29, 1.82) is 0 Å². The van der Waals surface area contributed by atoms with Crippen LogP contribution in [0.25, 0.3) is 11.1 Å². The smallest absolute Gasteiger partial charge is 0.251 e. The lowest BCUT2D eigenvalue weighted by molar-refractivity contribution is 0.0851. The molecule has 0 bridgehead atoms. The van der Waals surface area contributed by atoms with Crippen LogP contribution in [0.1, 0.15) is 102 Å². The maximum absolute atomic E-state index is 13.7. The Bertz CT molecular complexity index is 1450. The van der Waals surface area contributed by atoms with E-state index in [1.165, 1.54) is 25.7 Å². The van der Waals surface area contributed by atoms with E-state index in [-0.39, 0.29) is 36.4 Å². The third-order valence-electron chi connectivity index (χ3n) is 11.2. The highest BCUT2D eigenvalue weighted by atomic mass is 16.5. The summed E-state index contributed by atoms with van der Waals surface area (Å²) in [6.07, 6.45) is 8.63. The second-order valence-corrected chi connectivity index (χ2v) is 17.9. The van der Waals surface area contributed by atoms with Crippen molar-refractivity contribution in [1.82, 2.24) is 20.4 Å². The third kappa shape index (κ3) is 15.1. The molecule has 3 rings (SSSR count). The standard InChI is InChI=1S/C37H62N6O3.C9H18/c1-12-14-27(21-38)34(24-44)35(26(4)39-5)43(10)22-28-15-13-16-33(36(28)46-11)29-18-30(20-32(19-29)42(8)9)37(45)40-31(17-25(2)3)23-41(6)7;1-8-5-4-6-9(2,3)7-8/h13,15-16,18-20,25,27,31,34-35,39,44H,4,12,14,17,21-24,38H2,1-3,5-11H3,(H,40,45);8H,4-7H2,1-3H3. The van der Waals surface area contributed by atoms with Crippen molar-refractivity contribution in [2.24, 2.45) is 34.8 Å². The van der Waals surface area contributed by atoms with Gasteiger partial charge in [0.15, 0.2) is 0 Å². The molecule has 1 aliphatic rings. The molecule has 2 aromatic carbocycles. The quantitative estimate of drug-likeness (QED) is 0.108. The molecule has 0 spiro atoms. The molecule has 0 radical (unpaired) electrons. The second kappa shape index (κ2) is 23.2. The van der Waals surface area contributed by atoms with Crippen LogP contribution in [0.15, 0.2) is 48.7 Å². The van der Waals surface area contributed by atoms with Crippen LogP contribution in [0.4, 0.5) is 5.69 Å². The molecule has 9 heteroatoms. The maximum Gasteiger partial charge on any atom is 0.251 e. The average molecular weight is 765 g/mol. The first-order valence-corrected chi connectivity index (χ1v) is 20.7. The lowest BCUT2D eigenvalue weighted by Crippen LogP contribution is -2.47. The summed E-state index contributed by atoms with van der Waals surface area (Å²) < 4.78 is 6.09. The van der Waals surface area contributed by atoms with Gasteiger partial charge in [0.05, 0.1) is 13.2 Å². The van der Waals surface area contributed by atoms with Gasteiger partial charge in [0.2, 0.25) is 0 Å². The summed E-state index contributed by atoms with van der Waals surface area (Å²) in [5, 5.41) is 17.1. The number of aliphatic hydroxyl groups is 1. The van der Waals surface area contributed by atoms with Crippen molar-refractivity contribution in [2.75, 3.05) is 74.0 Å². The van der Waals surface area contributed by atoms with E-state index in [0.29, 0.717) is 30.0 Å². The van der Waals surface area contributed by atoms with Gasteiger partial charge in [-0.15, -0.1) is 0 Å². The predicted octanol–water partition coefficient (Wildman–Crippen LogP) is 7.87. The van der Waals surface area contributed by atoms with Gasteiger partial charge >= 0.3 is 0 Å². The Morgan fingerprint density at radius 2 is 1.82 bits per heavy atom. The summed E-state index contributed by atoms with van der Waals surface area (Å²) in [4.78, 5) is 20.0. The molecular formula is C46H80N6O3. The number of amides is 1. The van der Waals surface area contributed by atoms with Crippen LogP contribution in [0.5, 0.6) is 5.75 Å². The first kappa shape index (κ1) is 48.0. The van der Waals surface area contributed by atoms with Gasteiger partial charge in [0.25, 0.3) is 5.91 Å². The van der Waals surface area contributed by atoms with Gasteiger partial charge in [-0.05, 0) is 100 Å².